The first-order chi connectivity index (χ1) is 13.4. The topological polar surface area (TPSA) is 87.9 Å². The van der Waals surface area contributed by atoms with Crippen LogP contribution in [0.2, 0.25) is 0 Å². The van der Waals surface area contributed by atoms with Crippen LogP contribution < -0.4 is 5.32 Å². The summed E-state index contributed by atoms with van der Waals surface area (Å²) in [5, 5.41) is 6.72. The number of anilines is 1. The van der Waals surface area contributed by atoms with Crippen LogP contribution in [0.3, 0.4) is 0 Å². The van der Waals surface area contributed by atoms with E-state index in [1.807, 2.05) is 13.8 Å². The fraction of sp³-hybridized carbons (Fsp3) is 0.750. The van der Waals surface area contributed by atoms with Gasteiger partial charge in [0.05, 0.1) is 12.6 Å². The van der Waals surface area contributed by atoms with Gasteiger partial charge in [-0.15, -0.1) is 0 Å². The Bertz CT molecular complexity index is 631. The minimum absolute atomic E-state index is 0.0717. The van der Waals surface area contributed by atoms with Crippen molar-refractivity contribution in [3.8, 4) is 0 Å². The summed E-state index contributed by atoms with van der Waals surface area (Å²) in [6.07, 6.45) is 3.32. The third kappa shape index (κ3) is 6.82. The first-order valence-electron chi connectivity index (χ1n) is 10.3. The summed E-state index contributed by atoms with van der Waals surface area (Å²) < 4.78 is 10.4. The molecule has 1 aromatic heterocycles. The van der Waals surface area contributed by atoms with Crippen LogP contribution in [-0.2, 0) is 9.53 Å². The molecule has 0 bridgehead atoms. The maximum Gasteiger partial charge on any atom is 0.409 e. The number of aromatic nitrogens is 1. The van der Waals surface area contributed by atoms with Crippen LogP contribution in [0.25, 0.3) is 0 Å². The van der Waals surface area contributed by atoms with E-state index < -0.39 is 0 Å². The van der Waals surface area contributed by atoms with Crippen LogP contribution in [0.15, 0.2) is 10.6 Å². The highest BCUT2D eigenvalue weighted by Gasteiger charge is 2.29. The first kappa shape index (κ1) is 22.2. The molecule has 0 saturated carbocycles. The van der Waals surface area contributed by atoms with E-state index in [0.717, 1.165) is 32.2 Å². The summed E-state index contributed by atoms with van der Waals surface area (Å²) >= 11 is 0. The molecular formula is C20H34N4O4. The first-order valence-corrected chi connectivity index (χ1v) is 10.3. The monoisotopic (exact) mass is 394 g/mol. The molecule has 158 valence electrons. The van der Waals surface area contributed by atoms with E-state index in [1.165, 1.54) is 0 Å². The number of amides is 2. The zero-order valence-electron chi connectivity index (χ0n) is 17.6. The number of rotatable bonds is 8. The van der Waals surface area contributed by atoms with Gasteiger partial charge in [-0.25, -0.2) is 4.79 Å². The Labute approximate surface area is 167 Å². The number of hydrogen-bond acceptors (Lipinski definition) is 6. The molecule has 1 unspecified atom stereocenters. The Kier molecular flexibility index (Phi) is 8.76. The fourth-order valence-corrected chi connectivity index (χ4v) is 3.27. The molecule has 0 aromatic carbocycles. The minimum atomic E-state index is -0.261. The van der Waals surface area contributed by atoms with Gasteiger partial charge in [0.1, 0.15) is 5.76 Å². The van der Waals surface area contributed by atoms with Gasteiger partial charge in [0.2, 0.25) is 5.91 Å². The molecule has 1 saturated heterocycles. The van der Waals surface area contributed by atoms with Crippen LogP contribution in [0.5, 0.6) is 0 Å². The molecule has 2 amide bonds. The third-order valence-electron chi connectivity index (χ3n) is 4.78. The maximum absolute atomic E-state index is 12.9. The van der Waals surface area contributed by atoms with Gasteiger partial charge in [-0.1, -0.05) is 38.8 Å². The second-order valence-electron chi connectivity index (χ2n) is 7.82. The molecule has 28 heavy (non-hydrogen) atoms. The summed E-state index contributed by atoms with van der Waals surface area (Å²) in [6, 6.07) is 1.47. The standard InChI is InChI=1S/C20H34N4O4/c1-5-6-8-17(19(25)21-18-13-16(4)28-22-18)23-9-7-10-24(12-11-23)20(26)27-14-15(2)3/h13,15,17H,5-12,14H2,1-4H3,(H,21,22,25). The van der Waals surface area contributed by atoms with E-state index in [2.05, 4.69) is 22.3 Å². The highest BCUT2D eigenvalue weighted by Crippen LogP contribution is 2.16. The van der Waals surface area contributed by atoms with Crippen molar-refractivity contribution in [1.82, 2.24) is 15.0 Å². The summed E-state index contributed by atoms with van der Waals surface area (Å²) in [4.78, 5) is 29.1. The van der Waals surface area contributed by atoms with E-state index in [-0.39, 0.29) is 18.0 Å². The average Bonchev–Trinajstić information content (AvgIpc) is 2.91. The Balaban J connectivity index is 1.97. The number of aryl methyl sites for hydroxylation is 1. The van der Waals surface area contributed by atoms with Crippen molar-refractivity contribution in [3.05, 3.63) is 11.8 Å². The zero-order chi connectivity index (χ0) is 20.5. The lowest BCUT2D eigenvalue weighted by atomic mass is 10.1. The van der Waals surface area contributed by atoms with E-state index in [1.54, 1.807) is 17.9 Å². The van der Waals surface area contributed by atoms with Gasteiger partial charge < -0.3 is 19.5 Å². The largest absolute Gasteiger partial charge is 0.449 e. The Hall–Kier alpha value is -2.09. The molecule has 1 aliphatic rings. The van der Waals surface area contributed by atoms with E-state index in [4.69, 9.17) is 9.26 Å². The number of carbonyl (C=O) groups excluding carboxylic acids is 2. The number of unbranched alkanes of at least 4 members (excludes halogenated alkanes) is 1. The van der Waals surface area contributed by atoms with Gasteiger partial charge >= 0.3 is 6.09 Å². The molecule has 2 heterocycles. The molecule has 1 aliphatic heterocycles. The highest BCUT2D eigenvalue weighted by molar-refractivity contribution is 5.94. The van der Waals surface area contributed by atoms with Crippen LogP contribution >= 0.6 is 0 Å². The van der Waals surface area contributed by atoms with Crippen molar-refractivity contribution in [2.45, 2.75) is 59.4 Å². The molecule has 8 nitrogen and oxygen atoms in total. The van der Waals surface area contributed by atoms with Gasteiger partial charge in [-0.3, -0.25) is 9.69 Å². The van der Waals surface area contributed by atoms with E-state index in [0.29, 0.717) is 43.7 Å². The van der Waals surface area contributed by atoms with Crippen LogP contribution in [0, 0.1) is 12.8 Å². The number of ether oxygens (including phenoxy) is 1. The molecule has 0 spiro atoms. The highest BCUT2D eigenvalue weighted by atomic mass is 16.6. The average molecular weight is 395 g/mol. The van der Waals surface area contributed by atoms with Gasteiger partial charge in [0.25, 0.3) is 0 Å². The predicted molar refractivity (Wildman–Crippen MR) is 107 cm³/mol. The van der Waals surface area contributed by atoms with Crippen molar-refractivity contribution in [3.63, 3.8) is 0 Å². The minimum Gasteiger partial charge on any atom is -0.449 e. The summed E-state index contributed by atoms with van der Waals surface area (Å²) in [6.45, 7) is 11.0. The molecule has 2 rings (SSSR count). The van der Waals surface area contributed by atoms with Crippen LogP contribution in [-0.4, -0.2) is 65.8 Å². The molecule has 0 radical (unpaired) electrons. The molecule has 1 aromatic rings. The van der Waals surface area contributed by atoms with E-state index >= 15 is 0 Å². The number of nitrogens with zero attached hydrogens (tertiary/aromatic N) is 3. The molecule has 8 heteroatoms. The number of hydrogen-bond donors (Lipinski definition) is 1. The van der Waals surface area contributed by atoms with Gasteiger partial charge in [-0.2, -0.15) is 0 Å². The van der Waals surface area contributed by atoms with Crippen molar-refractivity contribution in [1.29, 1.82) is 0 Å². The lowest BCUT2D eigenvalue weighted by molar-refractivity contribution is -0.121. The van der Waals surface area contributed by atoms with Crippen LogP contribution in [0.4, 0.5) is 10.6 Å². The van der Waals surface area contributed by atoms with E-state index in [9.17, 15) is 9.59 Å². The van der Waals surface area contributed by atoms with Gasteiger partial charge in [0, 0.05) is 32.2 Å². The molecule has 1 fully saturated rings. The second kappa shape index (κ2) is 11.0. The number of nitrogens with one attached hydrogen (secondary N) is 1. The molecule has 1 atom stereocenters. The Morgan fingerprint density at radius 3 is 2.71 bits per heavy atom. The van der Waals surface area contributed by atoms with Gasteiger partial charge in [0.15, 0.2) is 5.82 Å². The van der Waals surface area contributed by atoms with Gasteiger partial charge in [-0.05, 0) is 25.7 Å². The summed E-state index contributed by atoms with van der Waals surface area (Å²) in [7, 11) is 0. The molecular weight excluding hydrogens is 360 g/mol. The quantitative estimate of drug-likeness (QED) is 0.728. The maximum atomic E-state index is 12.9. The normalized spacial score (nSPS) is 16.7. The smallest absolute Gasteiger partial charge is 0.409 e. The lowest BCUT2D eigenvalue weighted by Crippen LogP contribution is -2.46. The summed E-state index contributed by atoms with van der Waals surface area (Å²) in [5.41, 5.74) is 0. The third-order valence-corrected chi connectivity index (χ3v) is 4.78. The predicted octanol–water partition coefficient (Wildman–Crippen LogP) is 3.28. The zero-order valence-corrected chi connectivity index (χ0v) is 17.6. The lowest BCUT2D eigenvalue weighted by Gasteiger charge is -2.29. The summed E-state index contributed by atoms with van der Waals surface area (Å²) in [5.74, 6) is 1.34. The van der Waals surface area contributed by atoms with Crippen molar-refractivity contribution >= 4 is 17.8 Å². The Morgan fingerprint density at radius 1 is 1.29 bits per heavy atom. The SMILES string of the molecule is CCCCC(C(=O)Nc1cc(C)on1)N1CCCN(C(=O)OCC(C)C)CC1. The van der Waals surface area contributed by atoms with Crippen molar-refractivity contribution in [2.24, 2.45) is 5.92 Å². The number of carbonyl (C=O) groups is 2. The van der Waals surface area contributed by atoms with Crippen LogP contribution in [0.1, 0.15) is 52.2 Å². The fourth-order valence-electron chi connectivity index (χ4n) is 3.27. The molecule has 0 aliphatic carbocycles. The van der Waals surface area contributed by atoms with Crippen molar-refractivity contribution < 1.29 is 18.8 Å². The molecule has 1 N–H and O–H groups in total. The Morgan fingerprint density at radius 2 is 2.07 bits per heavy atom. The second-order valence-corrected chi connectivity index (χ2v) is 7.82. The van der Waals surface area contributed by atoms with Crippen molar-refractivity contribution in [2.75, 3.05) is 38.1 Å².